The first-order valence-electron chi connectivity index (χ1n) is 5.87. The highest BCUT2D eigenvalue weighted by Crippen LogP contribution is 2.20. The molecule has 3 N–H and O–H groups in total. The van der Waals surface area contributed by atoms with Gasteiger partial charge in [-0.3, -0.25) is 4.55 Å². The number of rotatable bonds is 1. The van der Waals surface area contributed by atoms with Gasteiger partial charge in [0.1, 0.15) is 0 Å². The lowest BCUT2D eigenvalue weighted by Gasteiger charge is -1.99. The number of nitrogens with two attached hydrogens (primary N) is 1. The van der Waals surface area contributed by atoms with Gasteiger partial charge < -0.3 is 5.73 Å². The number of aryl methyl sites for hydroxylation is 1. The van der Waals surface area contributed by atoms with Gasteiger partial charge in [-0.15, -0.1) is 0 Å². The molecule has 0 heterocycles. The first-order chi connectivity index (χ1) is 9.62. The van der Waals surface area contributed by atoms with Crippen molar-refractivity contribution < 1.29 is 13.0 Å². The Morgan fingerprint density at radius 2 is 1.67 bits per heavy atom. The van der Waals surface area contributed by atoms with Crippen LogP contribution in [0.5, 0.6) is 0 Å². The van der Waals surface area contributed by atoms with E-state index in [1.165, 1.54) is 18.2 Å². The summed E-state index contributed by atoms with van der Waals surface area (Å²) in [5.74, 6) is 0. The van der Waals surface area contributed by atoms with Gasteiger partial charge in [-0.2, -0.15) is 8.42 Å². The van der Waals surface area contributed by atoms with Gasteiger partial charge in [-0.05, 0) is 49.2 Å². The quantitative estimate of drug-likeness (QED) is 0.600. The van der Waals surface area contributed by atoms with Gasteiger partial charge >= 0.3 is 0 Å². The molecule has 4 nitrogen and oxygen atoms in total. The van der Waals surface area contributed by atoms with Crippen molar-refractivity contribution in [1.82, 2.24) is 0 Å². The summed E-state index contributed by atoms with van der Waals surface area (Å²) in [4.78, 5) is -0.182. The van der Waals surface area contributed by atoms with E-state index in [0.717, 1.165) is 21.8 Å². The van der Waals surface area contributed by atoms with Crippen LogP contribution in [0, 0.1) is 13.8 Å². The topological polar surface area (TPSA) is 80.4 Å². The van der Waals surface area contributed by atoms with Crippen LogP contribution in [0.3, 0.4) is 0 Å². The van der Waals surface area contributed by atoms with Crippen LogP contribution < -0.4 is 5.73 Å². The average molecular weight is 348 g/mol. The molecule has 0 saturated heterocycles. The Labute approximate surface area is 134 Å². The van der Waals surface area contributed by atoms with Crippen LogP contribution in [0.2, 0.25) is 10.0 Å². The molecule has 0 aliphatic rings. The van der Waals surface area contributed by atoms with E-state index in [1.54, 1.807) is 6.92 Å². The highest BCUT2D eigenvalue weighted by Gasteiger charge is 2.09. The zero-order chi connectivity index (χ0) is 16.2. The van der Waals surface area contributed by atoms with Crippen LogP contribution >= 0.6 is 23.2 Å². The van der Waals surface area contributed by atoms with Crippen LogP contribution in [-0.2, 0) is 10.1 Å². The second-order valence-electron chi connectivity index (χ2n) is 4.34. The van der Waals surface area contributed by atoms with Crippen LogP contribution in [0.15, 0.2) is 41.3 Å². The van der Waals surface area contributed by atoms with Crippen molar-refractivity contribution in [2.24, 2.45) is 0 Å². The fourth-order valence-electron chi connectivity index (χ4n) is 1.36. The Bertz CT molecular complexity index is 726. The minimum atomic E-state index is -4.13. The van der Waals surface area contributed by atoms with Gasteiger partial charge in [-0.25, -0.2) is 0 Å². The first kappa shape index (κ1) is 17.8. The molecule has 0 aliphatic carbocycles. The van der Waals surface area contributed by atoms with Crippen molar-refractivity contribution in [1.29, 1.82) is 0 Å². The molecule has 0 bridgehead atoms. The van der Waals surface area contributed by atoms with Crippen LogP contribution in [-0.4, -0.2) is 13.0 Å². The average Bonchev–Trinajstić information content (AvgIpc) is 2.38. The Morgan fingerprint density at radius 1 is 1.05 bits per heavy atom. The molecule has 0 radical (unpaired) electrons. The second kappa shape index (κ2) is 7.13. The molecular formula is C14H15Cl2NO3S. The number of nitrogen functional groups attached to an aromatic ring is 1. The van der Waals surface area contributed by atoms with Crippen LogP contribution in [0.4, 0.5) is 5.69 Å². The third-order valence-electron chi connectivity index (χ3n) is 2.75. The molecule has 0 fully saturated rings. The Morgan fingerprint density at radius 3 is 2.10 bits per heavy atom. The minimum absolute atomic E-state index is 0.182. The molecule has 0 spiro atoms. The lowest BCUT2D eigenvalue weighted by atomic mass is 10.2. The zero-order valence-corrected chi connectivity index (χ0v) is 13.8. The van der Waals surface area contributed by atoms with Gasteiger partial charge in [-0.1, -0.05) is 35.3 Å². The number of anilines is 1. The van der Waals surface area contributed by atoms with E-state index in [1.807, 2.05) is 25.1 Å². The summed E-state index contributed by atoms with van der Waals surface area (Å²) in [6.45, 7) is 3.65. The summed E-state index contributed by atoms with van der Waals surface area (Å²) >= 11 is 11.4. The number of benzene rings is 2. The molecular weight excluding hydrogens is 333 g/mol. The van der Waals surface area contributed by atoms with E-state index < -0.39 is 10.1 Å². The maximum atomic E-state index is 10.6. The molecule has 2 aromatic carbocycles. The normalized spacial score (nSPS) is 10.7. The zero-order valence-electron chi connectivity index (χ0n) is 11.5. The molecule has 2 rings (SSSR count). The summed E-state index contributed by atoms with van der Waals surface area (Å²) in [5.41, 5.74) is 8.01. The maximum absolute atomic E-state index is 10.6. The summed E-state index contributed by atoms with van der Waals surface area (Å²) in [5, 5.41) is 1.06. The smallest absolute Gasteiger partial charge is 0.294 e. The summed E-state index contributed by atoms with van der Waals surface area (Å²) in [6.07, 6.45) is 0. The third kappa shape index (κ3) is 5.21. The molecule has 21 heavy (non-hydrogen) atoms. The lowest BCUT2D eigenvalue weighted by Crippen LogP contribution is -1.97. The SMILES string of the molecule is Cc1c(N)cccc1Cl.Cc1ccc(S(=O)(=O)O)cc1Cl. The van der Waals surface area contributed by atoms with Gasteiger partial charge in [0.25, 0.3) is 10.1 Å². The van der Waals surface area contributed by atoms with E-state index >= 15 is 0 Å². The molecule has 0 aliphatic heterocycles. The van der Waals surface area contributed by atoms with Crippen molar-refractivity contribution in [3.05, 3.63) is 57.6 Å². The summed E-state index contributed by atoms with van der Waals surface area (Å²) in [6, 6.07) is 9.55. The fraction of sp³-hybridized carbons (Fsp3) is 0.143. The number of halogens is 2. The summed E-state index contributed by atoms with van der Waals surface area (Å²) < 4.78 is 29.8. The Kier molecular flexibility index (Phi) is 6.04. The van der Waals surface area contributed by atoms with Crippen LogP contribution in [0.25, 0.3) is 0 Å². The minimum Gasteiger partial charge on any atom is -0.398 e. The molecule has 0 aromatic heterocycles. The van der Waals surface area contributed by atoms with Crippen molar-refractivity contribution >= 4 is 39.0 Å². The largest absolute Gasteiger partial charge is 0.398 e. The van der Waals surface area contributed by atoms with Gasteiger partial charge in [0.2, 0.25) is 0 Å². The molecule has 0 atom stereocenters. The molecule has 7 heteroatoms. The predicted octanol–water partition coefficient (Wildman–Crippen LogP) is 4.13. The van der Waals surface area contributed by atoms with Gasteiger partial charge in [0, 0.05) is 15.7 Å². The predicted molar refractivity (Wildman–Crippen MR) is 86.6 cm³/mol. The third-order valence-corrected chi connectivity index (χ3v) is 4.42. The lowest BCUT2D eigenvalue weighted by molar-refractivity contribution is 0.483. The standard InChI is InChI=1S/C7H8ClN.C7H7ClO3S/c1-5-6(8)3-2-4-7(5)9;1-5-2-3-6(4-7(5)8)12(9,10)11/h2-4H,9H2,1H3;2-4H,1H3,(H,9,10,11). The molecule has 114 valence electrons. The van der Waals surface area contributed by atoms with Gasteiger partial charge in [0.15, 0.2) is 0 Å². The molecule has 0 unspecified atom stereocenters. The molecule has 0 saturated carbocycles. The molecule has 2 aromatic rings. The monoisotopic (exact) mass is 347 g/mol. The number of hydrogen-bond acceptors (Lipinski definition) is 3. The van der Waals surface area contributed by atoms with Gasteiger partial charge in [0.05, 0.1) is 4.90 Å². The highest BCUT2D eigenvalue weighted by atomic mass is 35.5. The van der Waals surface area contributed by atoms with E-state index in [2.05, 4.69) is 0 Å². The fourth-order valence-corrected chi connectivity index (χ4v) is 2.29. The van der Waals surface area contributed by atoms with Crippen molar-refractivity contribution in [3.63, 3.8) is 0 Å². The Hall–Kier alpha value is -1.27. The van der Waals surface area contributed by atoms with Crippen molar-refractivity contribution in [2.75, 3.05) is 5.73 Å². The first-order valence-corrected chi connectivity index (χ1v) is 8.06. The summed E-state index contributed by atoms with van der Waals surface area (Å²) in [7, 11) is -4.13. The Balaban J connectivity index is 0.000000219. The highest BCUT2D eigenvalue weighted by molar-refractivity contribution is 7.85. The maximum Gasteiger partial charge on any atom is 0.294 e. The van der Waals surface area contributed by atoms with Crippen molar-refractivity contribution in [3.8, 4) is 0 Å². The van der Waals surface area contributed by atoms with E-state index in [9.17, 15) is 8.42 Å². The van der Waals surface area contributed by atoms with E-state index in [4.69, 9.17) is 33.5 Å². The van der Waals surface area contributed by atoms with Crippen LogP contribution in [0.1, 0.15) is 11.1 Å². The van der Waals surface area contributed by atoms with E-state index in [-0.39, 0.29) is 4.90 Å². The number of hydrogen-bond donors (Lipinski definition) is 2. The second-order valence-corrected chi connectivity index (χ2v) is 6.58. The van der Waals surface area contributed by atoms with E-state index in [0.29, 0.717) is 5.02 Å². The van der Waals surface area contributed by atoms with Crippen molar-refractivity contribution in [2.45, 2.75) is 18.7 Å². The molecule has 0 amide bonds.